The molecule has 0 aliphatic carbocycles. The van der Waals surface area contributed by atoms with Crippen LogP contribution in [0.5, 0.6) is 0 Å². The van der Waals surface area contributed by atoms with Crippen LogP contribution >= 0.6 is 23.5 Å². The summed E-state index contributed by atoms with van der Waals surface area (Å²) >= 11 is 6.66. The Hall–Kier alpha value is -1.51. The molecule has 0 bridgehead atoms. The monoisotopic (exact) mass is 391 g/mol. The second-order valence-electron chi connectivity index (χ2n) is 5.38. The molecule has 1 heterocycles. The van der Waals surface area contributed by atoms with Crippen molar-refractivity contribution in [2.75, 3.05) is 6.54 Å². The average Bonchev–Trinajstić information content (AvgIpc) is 2.52. The van der Waals surface area contributed by atoms with Crippen LogP contribution in [0.25, 0.3) is 0 Å². The van der Waals surface area contributed by atoms with Gasteiger partial charge in [-0.2, -0.15) is 18.3 Å². The van der Waals surface area contributed by atoms with Crippen molar-refractivity contribution in [1.29, 1.82) is 0 Å². The fraction of sp³-hybridized carbons (Fsp3) is 0.375. The van der Waals surface area contributed by atoms with E-state index in [2.05, 4.69) is 5.10 Å². The minimum absolute atomic E-state index is 0.0840. The SMILES string of the molecule is CCN(Sc1cc(=O)n(C)nc1C)[C@H](c1ccc(Cl)cc1)C(F)(F)F. The van der Waals surface area contributed by atoms with Crippen LogP contribution in [0.4, 0.5) is 13.2 Å². The Labute approximate surface area is 152 Å². The van der Waals surface area contributed by atoms with Crippen LogP contribution in [-0.4, -0.2) is 26.8 Å². The highest BCUT2D eigenvalue weighted by Gasteiger charge is 2.45. The molecule has 0 amide bonds. The summed E-state index contributed by atoms with van der Waals surface area (Å²) in [7, 11) is 1.49. The first-order valence-corrected chi connectivity index (χ1v) is 8.60. The molecule has 0 radical (unpaired) electrons. The molecule has 0 unspecified atom stereocenters. The highest BCUT2D eigenvalue weighted by atomic mass is 35.5. The van der Waals surface area contributed by atoms with Crippen molar-refractivity contribution in [3.63, 3.8) is 0 Å². The van der Waals surface area contributed by atoms with Crippen LogP contribution in [-0.2, 0) is 7.05 Å². The van der Waals surface area contributed by atoms with Gasteiger partial charge in [0.15, 0.2) is 0 Å². The molecule has 2 aromatic rings. The highest BCUT2D eigenvalue weighted by Crippen LogP contribution is 2.43. The molecule has 9 heteroatoms. The lowest BCUT2D eigenvalue weighted by Crippen LogP contribution is -2.34. The summed E-state index contributed by atoms with van der Waals surface area (Å²) < 4.78 is 43.5. The quantitative estimate of drug-likeness (QED) is 0.709. The molecular formula is C16H17ClF3N3OS. The second-order valence-corrected chi connectivity index (χ2v) is 6.90. The van der Waals surface area contributed by atoms with E-state index in [4.69, 9.17) is 11.6 Å². The maximum atomic E-state index is 13.7. The standard InChI is InChI=1S/C16H17ClF3N3OS/c1-4-23(25-13-9-14(24)22(3)21-10(13)2)15(16(18,19)20)11-5-7-12(17)8-6-11/h5-9,15H,4H2,1-3H3/t15-/m1/s1. The highest BCUT2D eigenvalue weighted by molar-refractivity contribution is 7.97. The zero-order valence-corrected chi connectivity index (χ0v) is 15.4. The summed E-state index contributed by atoms with van der Waals surface area (Å²) in [5.74, 6) is 0. The summed E-state index contributed by atoms with van der Waals surface area (Å²) in [6.07, 6.45) is -4.49. The van der Waals surface area contributed by atoms with E-state index in [1.807, 2.05) is 0 Å². The van der Waals surface area contributed by atoms with Gasteiger partial charge < -0.3 is 0 Å². The first kappa shape index (κ1) is 19.8. The lowest BCUT2D eigenvalue weighted by molar-refractivity contribution is -0.172. The molecule has 0 aliphatic heterocycles. The molecule has 0 aliphatic rings. The van der Waals surface area contributed by atoms with E-state index in [1.54, 1.807) is 13.8 Å². The smallest absolute Gasteiger partial charge is 0.268 e. The molecule has 136 valence electrons. The third-order valence-corrected chi connectivity index (χ3v) is 5.11. The first-order valence-electron chi connectivity index (χ1n) is 7.45. The van der Waals surface area contributed by atoms with Gasteiger partial charge in [-0.15, -0.1) is 0 Å². The van der Waals surface area contributed by atoms with Crippen molar-refractivity contribution in [2.45, 2.75) is 31.0 Å². The van der Waals surface area contributed by atoms with Gasteiger partial charge in [0.05, 0.1) is 10.6 Å². The Morgan fingerprint density at radius 3 is 2.44 bits per heavy atom. The van der Waals surface area contributed by atoms with E-state index < -0.39 is 12.2 Å². The van der Waals surface area contributed by atoms with Gasteiger partial charge in [-0.1, -0.05) is 30.7 Å². The Bertz CT molecular complexity index is 793. The summed E-state index contributed by atoms with van der Waals surface area (Å²) in [5.41, 5.74) is 0.197. The summed E-state index contributed by atoms with van der Waals surface area (Å²) in [6, 6.07) is 5.05. The van der Waals surface area contributed by atoms with E-state index in [0.717, 1.165) is 16.6 Å². The van der Waals surface area contributed by atoms with Gasteiger partial charge in [-0.3, -0.25) is 4.79 Å². The third-order valence-electron chi connectivity index (χ3n) is 3.54. The van der Waals surface area contributed by atoms with Gasteiger partial charge in [0.1, 0.15) is 6.04 Å². The molecule has 0 N–H and O–H groups in total. The number of nitrogens with zero attached hydrogens (tertiary/aromatic N) is 3. The number of halogens is 4. The zero-order chi connectivity index (χ0) is 18.8. The van der Waals surface area contributed by atoms with E-state index in [-0.39, 0.29) is 17.7 Å². The van der Waals surface area contributed by atoms with Gasteiger partial charge in [0, 0.05) is 24.7 Å². The van der Waals surface area contributed by atoms with Gasteiger partial charge >= 0.3 is 6.18 Å². The number of aryl methyl sites for hydroxylation is 2. The Morgan fingerprint density at radius 2 is 1.92 bits per heavy atom. The number of rotatable bonds is 5. The fourth-order valence-electron chi connectivity index (χ4n) is 2.32. The minimum Gasteiger partial charge on any atom is -0.268 e. The zero-order valence-electron chi connectivity index (χ0n) is 13.8. The van der Waals surface area contributed by atoms with Crippen LogP contribution in [0.3, 0.4) is 0 Å². The van der Waals surface area contributed by atoms with E-state index in [1.165, 1.54) is 41.7 Å². The van der Waals surface area contributed by atoms with Gasteiger partial charge in [0.25, 0.3) is 5.56 Å². The largest absolute Gasteiger partial charge is 0.408 e. The second kappa shape index (κ2) is 7.80. The normalized spacial score (nSPS) is 13.3. The molecular weight excluding hydrogens is 375 g/mol. The third kappa shape index (κ3) is 4.77. The first-order chi connectivity index (χ1) is 11.6. The lowest BCUT2D eigenvalue weighted by atomic mass is 10.1. The van der Waals surface area contributed by atoms with Crippen LogP contribution in [0.15, 0.2) is 40.0 Å². The predicted molar refractivity (Wildman–Crippen MR) is 92.7 cm³/mol. The van der Waals surface area contributed by atoms with Gasteiger partial charge in [0.2, 0.25) is 0 Å². The Morgan fingerprint density at radius 1 is 1.32 bits per heavy atom. The number of aromatic nitrogens is 2. The molecule has 0 fully saturated rings. The maximum absolute atomic E-state index is 13.7. The predicted octanol–water partition coefficient (Wildman–Crippen LogP) is 4.37. The van der Waals surface area contributed by atoms with Crippen LogP contribution in [0.1, 0.15) is 24.2 Å². The van der Waals surface area contributed by atoms with Crippen LogP contribution in [0, 0.1) is 6.92 Å². The number of hydrogen-bond acceptors (Lipinski definition) is 4. The van der Waals surface area contributed by atoms with Crippen molar-refractivity contribution in [2.24, 2.45) is 7.05 Å². The number of alkyl halides is 3. The molecule has 2 rings (SSSR count). The lowest BCUT2D eigenvalue weighted by Gasteiger charge is -2.31. The van der Waals surface area contributed by atoms with Crippen LogP contribution < -0.4 is 5.56 Å². The molecule has 0 saturated carbocycles. The van der Waals surface area contributed by atoms with Gasteiger partial charge in [-0.25, -0.2) is 8.99 Å². The molecule has 0 saturated heterocycles. The topological polar surface area (TPSA) is 38.1 Å². The molecule has 25 heavy (non-hydrogen) atoms. The van der Waals surface area contributed by atoms with E-state index in [9.17, 15) is 18.0 Å². The molecule has 4 nitrogen and oxygen atoms in total. The molecule has 1 aromatic heterocycles. The van der Waals surface area contributed by atoms with E-state index in [0.29, 0.717) is 15.6 Å². The molecule has 0 spiro atoms. The molecule has 1 atom stereocenters. The molecule has 1 aromatic carbocycles. The average molecular weight is 392 g/mol. The van der Waals surface area contributed by atoms with Crippen molar-refractivity contribution in [1.82, 2.24) is 14.1 Å². The summed E-state index contributed by atoms with van der Waals surface area (Å²) in [6.45, 7) is 3.40. The Balaban J connectivity index is 2.42. The fourth-order valence-corrected chi connectivity index (χ4v) is 3.50. The summed E-state index contributed by atoms with van der Waals surface area (Å²) in [5, 5.41) is 4.39. The number of hydrogen-bond donors (Lipinski definition) is 0. The van der Waals surface area contributed by atoms with Crippen molar-refractivity contribution in [3.05, 3.63) is 57.0 Å². The van der Waals surface area contributed by atoms with Crippen LogP contribution in [0.2, 0.25) is 5.02 Å². The van der Waals surface area contributed by atoms with Crippen molar-refractivity contribution < 1.29 is 13.2 Å². The Kier molecular flexibility index (Phi) is 6.18. The van der Waals surface area contributed by atoms with E-state index >= 15 is 0 Å². The van der Waals surface area contributed by atoms with Crippen molar-refractivity contribution in [3.8, 4) is 0 Å². The van der Waals surface area contributed by atoms with Gasteiger partial charge in [-0.05, 0) is 36.6 Å². The summed E-state index contributed by atoms with van der Waals surface area (Å²) in [4.78, 5) is 12.2. The minimum atomic E-state index is -4.49. The maximum Gasteiger partial charge on any atom is 0.408 e. The van der Waals surface area contributed by atoms with Crippen molar-refractivity contribution >= 4 is 23.5 Å². The number of benzene rings is 1.